The fraction of sp³-hybridized carbons (Fsp3) is 0.316. The number of hydrogen-bond acceptors (Lipinski definition) is 6. The smallest absolute Gasteiger partial charge is 0.253 e. The van der Waals surface area contributed by atoms with Crippen molar-refractivity contribution in [2.75, 3.05) is 13.7 Å². The lowest BCUT2D eigenvalue weighted by Gasteiger charge is -2.08. The molecule has 0 aliphatic carbocycles. The Morgan fingerprint density at radius 3 is 2.90 bits per heavy atom. The summed E-state index contributed by atoms with van der Waals surface area (Å²) in [6.07, 6.45) is 6.19. The summed E-state index contributed by atoms with van der Waals surface area (Å²) >= 11 is 0. The molecule has 10 nitrogen and oxygen atoms in total. The molecule has 0 saturated heterocycles. The van der Waals surface area contributed by atoms with E-state index in [2.05, 4.69) is 25.7 Å². The van der Waals surface area contributed by atoms with Gasteiger partial charge in [0.1, 0.15) is 6.33 Å². The number of rotatable bonds is 8. The van der Waals surface area contributed by atoms with Gasteiger partial charge in [-0.2, -0.15) is 0 Å². The highest BCUT2D eigenvalue weighted by Gasteiger charge is 2.14. The van der Waals surface area contributed by atoms with Crippen molar-refractivity contribution >= 4 is 11.6 Å². The highest BCUT2D eigenvalue weighted by molar-refractivity contribution is 5.94. The van der Waals surface area contributed by atoms with Crippen LogP contribution in [0.5, 0.6) is 0 Å². The second-order valence-electron chi connectivity index (χ2n) is 6.64. The monoisotopic (exact) mass is 394 g/mol. The van der Waals surface area contributed by atoms with Crippen LogP contribution in [0.2, 0.25) is 0 Å². The van der Waals surface area contributed by atoms with Crippen LogP contribution in [0.3, 0.4) is 0 Å². The van der Waals surface area contributed by atoms with Crippen molar-refractivity contribution in [2.24, 2.45) is 7.05 Å². The first-order valence-corrected chi connectivity index (χ1v) is 9.27. The van der Waals surface area contributed by atoms with E-state index in [-0.39, 0.29) is 12.5 Å². The van der Waals surface area contributed by atoms with Gasteiger partial charge in [0.25, 0.3) is 5.91 Å². The van der Waals surface area contributed by atoms with E-state index in [0.717, 1.165) is 18.7 Å². The molecule has 4 heterocycles. The van der Waals surface area contributed by atoms with Gasteiger partial charge in [-0.3, -0.25) is 9.20 Å². The number of methoxy groups -OCH3 is 1. The number of amides is 1. The molecular formula is C19H22N8O2. The van der Waals surface area contributed by atoms with Gasteiger partial charge in [-0.1, -0.05) is 0 Å². The number of nitrogens with zero attached hydrogens (tertiary/aromatic N) is 7. The van der Waals surface area contributed by atoms with Crippen molar-refractivity contribution in [2.45, 2.75) is 19.5 Å². The maximum Gasteiger partial charge on any atom is 0.253 e. The number of aryl methyl sites for hydroxylation is 2. The van der Waals surface area contributed by atoms with Crippen LogP contribution < -0.4 is 5.32 Å². The Hall–Kier alpha value is -3.53. The minimum atomic E-state index is -0.204. The Morgan fingerprint density at radius 2 is 2.10 bits per heavy atom. The molecule has 0 atom stereocenters. The van der Waals surface area contributed by atoms with Crippen molar-refractivity contribution in [1.82, 2.24) is 39.2 Å². The Balaban J connectivity index is 1.50. The molecule has 29 heavy (non-hydrogen) atoms. The Labute approximate surface area is 167 Å². The summed E-state index contributed by atoms with van der Waals surface area (Å²) in [6, 6.07) is 7.41. The van der Waals surface area contributed by atoms with Crippen LogP contribution in [0.4, 0.5) is 0 Å². The second-order valence-corrected chi connectivity index (χ2v) is 6.64. The zero-order chi connectivity index (χ0) is 20.2. The lowest BCUT2D eigenvalue weighted by Crippen LogP contribution is -2.25. The fourth-order valence-electron chi connectivity index (χ4n) is 3.14. The topological polar surface area (TPSA) is 104 Å². The largest absolute Gasteiger partial charge is 0.385 e. The van der Waals surface area contributed by atoms with Gasteiger partial charge in [0.05, 0.1) is 17.8 Å². The first-order valence-electron chi connectivity index (χ1n) is 9.27. The molecule has 0 saturated carbocycles. The van der Waals surface area contributed by atoms with Gasteiger partial charge in [-0.15, -0.1) is 20.4 Å². The van der Waals surface area contributed by atoms with Crippen LogP contribution in [-0.2, 0) is 24.9 Å². The molecule has 0 aromatic carbocycles. The quantitative estimate of drug-likeness (QED) is 0.452. The summed E-state index contributed by atoms with van der Waals surface area (Å²) in [6.45, 7) is 1.68. The molecule has 0 aliphatic rings. The second kappa shape index (κ2) is 8.23. The molecule has 0 radical (unpaired) electrons. The number of pyridine rings is 1. The third-order valence-corrected chi connectivity index (χ3v) is 4.69. The third-order valence-electron chi connectivity index (χ3n) is 4.69. The van der Waals surface area contributed by atoms with E-state index in [1.165, 1.54) is 0 Å². The molecule has 4 rings (SSSR count). The zero-order valence-corrected chi connectivity index (χ0v) is 16.3. The van der Waals surface area contributed by atoms with Gasteiger partial charge in [-0.25, -0.2) is 0 Å². The summed E-state index contributed by atoms with van der Waals surface area (Å²) in [5.41, 5.74) is 2.10. The molecule has 4 aromatic rings. The highest BCUT2D eigenvalue weighted by atomic mass is 16.5. The molecule has 0 aliphatic heterocycles. The molecular weight excluding hydrogens is 372 g/mol. The predicted octanol–water partition coefficient (Wildman–Crippen LogP) is 1.29. The van der Waals surface area contributed by atoms with Gasteiger partial charge in [-0.05, 0) is 30.7 Å². The minimum absolute atomic E-state index is 0.204. The minimum Gasteiger partial charge on any atom is -0.385 e. The normalized spacial score (nSPS) is 11.2. The van der Waals surface area contributed by atoms with Crippen LogP contribution >= 0.6 is 0 Å². The van der Waals surface area contributed by atoms with E-state index < -0.39 is 0 Å². The number of carbonyl (C=O) groups excluding carboxylic acids is 1. The van der Waals surface area contributed by atoms with Gasteiger partial charge < -0.3 is 19.2 Å². The predicted molar refractivity (Wildman–Crippen MR) is 105 cm³/mol. The SMILES string of the molecule is COCCCn1cnnc1CNC(=O)c1ccc2nnc(-c3cccn3C)n2c1. The fourth-order valence-corrected chi connectivity index (χ4v) is 3.14. The number of aromatic nitrogens is 7. The van der Waals surface area contributed by atoms with E-state index in [9.17, 15) is 4.79 Å². The summed E-state index contributed by atoms with van der Waals surface area (Å²) in [4.78, 5) is 12.7. The molecule has 150 valence electrons. The van der Waals surface area contributed by atoms with Crippen molar-refractivity contribution in [3.8, 4) is 11.5 Å². The van der Waals surface area contributed by atoms with E-state index in [1.54, 1.807) is 31.8 Å². The molecule has 1 N–H and O–H groups in total. The number of fused-ring (bicyclic) bond motifs is 1. The van der Waals surface area contributed by atoms with Crippen LogP contribution in [0.1, 0.15) is 22.6 Å². The molecule has 0 fully saturated rings. The molecule has 4 aromatic heterocycles. The average Bonchev–Trinajstić information content (AvgIpc) is 3.45. The van der Waals surface area contributed by atoms with Crippen LogP contribution in [0, 0.1) is 0 Å². The van der Waals surface area contributed by atoms with Crippen LogP contribution in [0.15, 0.2) is 43.0 Å². The van der Waals surface area contributed by atoms with Crippen LogP contribution in [-0.4, -0.2) is 53.6 Å². The van der Waals surface area contributed by atoms with E-state index in [4.69, 9.17) is 4.74 Å². The molecule has 1 amide bonds. The van der Waals surface area contributed by atoms with E-state index in [0.29, 0.717) is 29.5 Å². The Morgan fingerprint density at radius 1 is 1.21 bits per heavy atom. The first kappa shape index (κ1) is 18.8. The lowest BCUT2D eigenvalue weighted by molar-refractivity contribution is 0.0949. The zero-order valence-electron chi connectivity index (χ0n) is 16.3. The maximum atomic E-state index is 12.7. The third kappa shape index (κ3) is 3.87. The molecule has 10 heteroatoms. The summed E-state index contributed by atoms with van der Waals surface area (Å²) in [5, 5.41) is 19.4. The van der Waals surface area contributed by atoms with E-state index >= 15 is 0 Å². The summed E-state index contributed by atoms with van der Waals surface area (Å²) in [5.74, 6) is 1.18. The highest BCUT2D eigenvalue weighted by Crippen LogP contribution is 2.19. The molecule has 0 unspecified atom stereocenters. The maximum absolute atomic E-state index is 12.7. The van der Waals surface area contributed by atoms with Crippen molar-refractivity contribution < 1.29 is 9.53 Å². The van der Waals surface area contributed by atoms with Crippen molar-refractivity contribution in [3.63, 3.8) is 0 Å². The summed E-state index contributed by atoms with van der Waals surface area (Å²) < 4.78 is 10.8. The first-order chi connectivity index (χ1) is 14.2. The summed E-state index contributed by atoms with van der Waals surface area (Å²) in [7, 11) is 3.61. The van der Waals surface area contributed by atoms with E-state index in [1.807, 2.05) is 38.9 Å². The Bertz CT molecular complexity index is 1130. The van der Waals surface area contributed by atoms with Crippen molar-refractivity contribution in [1.29, 1.82) is 0 Å². The average molecular weight is 394 g/mol. The number of nitrogens with one attached hydrogen (secondary N) is 1. The number of hydrogen-bond donors (Lipinski definition) is 1. The molecule has 0 spiro atoms. The lowest BCUT2D eigenvalue weighted by atomic mass is 10.2. The molecule has 0 bridgehead atoms. The van der Waals surface area contributed by atoms with Gasteiger partial charge in [0.2, 0.25) is 0 Å². The number of carbonyl (C=O) groups is 1. The van der Waals surface area contributed by atoms with Gasteiger partial charge >= 0.3 is 0 Å². The van der Waals surface area contributed by atoms with Gasteiger partial charge in [0, 0.05) is 39.7 Å². The Kier molecular flexibility index (Phi) is 5.34. The van der Waals surface area contributed by atoms with Crippen LogP contribution in [0.25, 0.3) is 17.2 Å². The standard InChI is InChI=1S/C19H22N8O2/c1-25-8-3-5-15(25)18-24-23-16-7-6-14(12-27(16)18)19(28)20-11-17-22-21-13-26(17)9-4-10-29-2/h3,5-8,12-13H,4,9-11H2,1-2H3,(H,20,28). The van der Waals surface area contributed by atoms with Crippen molar-refractivity contribution in [3.05, 3.63) is 54.4 Å². The van der Waals surface area contributed by atoms with Gasteiger partial charge in [0.15, 0.2) is 17.3 Å². The number of ether oxygens (including phenoxy) is 1.